The standard InChI is InChI=1S/C15H19N5O2/c1-22-14-6-2-4-12(8-14)18-15(21)20-7-3-5-13(20)9-19-11-16-10-17-19/h2,4,6,8,10-11,13H,3,5,7,9H2,1H3,(H,18,21). The molecule has 3 rings (SSSR count). The lowest BCUT2D eigenvalue weighted by atomic mass is 10.2. The molecule has 1 aliphatic rings. The van der Waals surface area contributed by atoms with E-state index in [9.17, 15) is 4.79 Å². The molecule has 1 N–H and O–H groups in total. The van der Waals surface area contributed by atoms with E-state index < -0.39 is 0 Å². The van der Waals surface area contributed by atoms with Crippen molar-refractivity contribution in [2.24, 2.45) is 0 Å². The van der Waals surface area contributed by atoms with Crippen molar-refractivity contribution in [3.8, 4) is 5.75 Å². The smallest absolute Gasteiger partial charge is 0.322 e. The predicted octanol–water partition coefficient (Wildman–Crippen LogP) is 1.98. The Morgan fingerprint density at radius 3 is 3.18 bits per heavy atom. The lowest BCUT2D eigenvalue weighted by molar-refractivity contribution is 0.199. The van der Waals surface area contributed by atoms with Gasteiger partial charge in [-0.15, -0.1) is 0 Å². The molecule has 1 fully saturated rings. The molecule has 0 aliphatic carbocycles. The molecule has 1 saturated heterocycles. The lowest BCUT2D eigenvalue weighted by Gasteiger charge is -2.24. The number of amides is 2. The molecule has 2 amide bonds. The Hall–Kier alpha value is -2.57. The Labute approximate surface area is 128 Å². The highest BCUT2D eigenvalue weighted by molar-refractivity contribution is 5.89. The monoisotopic (exact) mass is 301 g/mol. The van der Waals surface area contributed by atoms with Gasteiger partial charge < -0.3 is 15.0 Å². The fraction of sp³-hybridized carbons (Fsp3) is 0.400. The molecule has 1 atom stereocenters. The van der Waals surface area contributed by atoms with Gasteiger partial charge in [0.05, 0.1) is 19.7 Å². The summed E-state index contributed by atoms with van der Waals surface area (Å²) in [5.74, 6) is 0.721. The summed E-state index contributed by atoms with van der Waals surface area (Å²) in [5.41, 5.74) is 0.732. The number of nitrogens with zero attached hydrogens (tertiary/aromatic N) is 4. The van der Waals surface area contributed by atoms with Crippen LogP contribution < -0.4 is 10.1 Å². The zero-order valence-corrected chi connectivity index (χ0v) is 12.5. The predicted molar refractivity (Wildman–Crippen MR) is 81.8 cm³/mol. The van der Waals surface area contributed by atoms with Crippen molar-refractivity contribution in [2.45, 2.75) is 25.4 Å². The highest BCUT2D eigenvalue weighted by Gasteiger charge is 2.29. The second-order valence-electron chi connectivity index (χ2n) is 5.27. The number of carbonyl (C=O) groups is 1. The Morgan fingerprint density at radius 1 is 1.50 bits per heavy atom. The molecule has 1 aromatic heterocycles. The number of rotatable bonds is 4. The zero-order chi connectivity index (χ0) is 15.4. The van der Waals surface area contributed by atoms with Gasteiger partial charge in [-0.2, -0.15) is 5.10 Å². The first-order valence-electron chi connectivity index (χ1n) is 7.30. The summed E-state index contributed by atoms with van der Waals surface area (Å²) in [6, 6.07) is 7.41. The molecule has 0 spiro atoms. The number of likely N-dealkylation sites (tertiary alicyclic amines) is 1. The van der Waals surface area contributed by atoms with Gasteiger partial charge in [0.2, 0.25) is 0 Å². The second kappa shape index (κ2) is 6.46. The first-order valence-corrected chi connectivity index (χ1v) is 7.30. The van der Waals surface area contributed by atoms with Crippen LogP contribution in [0.5, 0.6) is 5.75 Å². The van der Waals surface area contributed by atoms with Crippen LogP contribution in [0.2, 0.25) is 0 Å². The molecule has 1 aromatic carbocycles. The number of ether oxygens (including phenoxy) is 1. The van der Waals surface area contributed by atoms with Crippen LogP contribution in [-0.2, 0) is 6.54 Å². The average molecular weight is 301 g/mol. The zero-order valence-electron chi connectivity index (χ0n) is 12.5. The van der Waals surface area contributed by atoms with E-state index in [0.717, 1.165) is 30.8 Å². The first-order chi connectivity index (χ1) is 10.8. The largest absolute Gasteiger partial charge is 0.497 e. The van der Waals surface area contributed by atoms with Gasteiger partial charge in [0, 0.05) is 18.3 Å². The highest BCUT2D eigenvalue weighted by Crippen LogP contribution is 2.22. The van der Waals surface area contributed by atoms with Gasteiger partial charge in [-0.1, -0.05) is 6.07 Å². The third-order valence-corrected chi connectivity index (χ3v) is 3.82. The van der Waals surface area contributed by atoms with Gasteiger partial charge in [0.15, 0.2) is 0 Å². The molecule has 2 heterocycles. The molecule has 0 radical (unpaired) electrons. The molecule has 116 valence electrons. The summed E-state index contributed by atoms with van der Waals surface area (Å²) >= 11 is 0. The molecule has 7 nitrogen and oxygen atoms in total. The van der Waals surface area contributed by atoms with E-state index in [1.807, 2.05) is 23.1 Å². The van der Waals surface area contributed by atoms with Crippen molar-refractivity contribution in [2.75, 3.05) is 19.0 Å². The topological polar surface area (TPSA) is 72.3 Å². The van der Waals surface area contributed by atoms with E-state index >= 15 is 0 Å². The van der Waals surface area contributed by atoms with E-state index in [1.54, 1.807) is 24.2 Å². The number of carbonyl (C=O) groups excluding carboxylic acids is 1. The molecule has 1 aliphatic heterocycles. The van der Waals surface area contributed by atoms with Crippen molar-refractivity contribution in [1.29, 1.82) is 0 Å². The molecular formula is C15H19N5O2. The number of benzene rings is 1. The summed E-state index contributed by atoms with van der Waals surface area (Å²) in [6.45, 7) is 1.43. The summed E-state index contributed by atoms with van der Waals surface area (Å²) in [6.07, 6.45) is 5.17. The van der Waals surface area contributed by atoms with E-state index in [1.165, 1.54) is 6.33 Å². The molecule has 0 bridgehead atoms. The van der Waals surface area contributed by atoms with Crippen LogP contribution in [0.1, 0.15) is 12.8 Å². The van der Waals surface area contributed by atoms with Gasteiger partial charge in [-0.05, 0) is 25.0 Å². The quantitative estimate of drug-likeness (QED) is 0.937. The normalized spacial score (nSPS) is 17.5. The van der Waals surface area contributed by atoms with Gasteiger partial charge in [-0.3, -0.25) is 4.68 Å². The van der Waals surface area contributed by atoms with Crippen molar-refractivity contribution < 1.29 is 9.53 Å². The number of aromatic nitrogens is 3. The highest BCUT2D eigenvalue weighted by atomic mass is 16.5. The van der Waals surface area contributed by atoms with Crippen molar-refractivity contribution >= 4 is 11.7 Å². The van der Waals surface area contributed by atoms with E-state index in [2.05, 4.69) is 15.4 Å². The second-order valence-corrected chi connectivity index (χ2v) is 5.27. The van der Waals surface area contributed by atoms with Crippen LogP contribution in [0.4, 0.5) is 10.5 Å². The number of hydrogen-bond acceptors (Lipinski definition) is 4. The maximum atomic E-state index is 12.5. The van der Waals surface area contributed by atoms with E-state index in [-0.39, 0.29) is 12.1 Å². The average Bonchev–Trinajstić information content (AvgIpc) is 3.19. The Balaban J connectivity index is 1.65. The van der Waals surface area contributed by atoms with Gasteiger partial charge in [0.25, 0.3) is 0 Å². The molecular weight excluding hydrogens is 282 g/mol. The molecule has 22 heavy (non-hydrogen) atoms. The van der Waals surface area contributed by atoms with Crippen LogP contribution in [0.15, 0.2) is 36.9 Å². The van der Waals surface area contributed by atoms with Crippen molar-refractivity contribution in [3.05, 3.63) is 36.9 Å². The van der Waals surface area contributed by atoms with Crippen LogP contribution in [0, 0.1) is 0 Å². The summed E-state index contributed by atoms with van der Waals surface area (Å²) in [7, 11) is 1.61. The molecule has 1 unspecified atom stereocenters. The van der Waals surface area contributed by atoms with Crippen molar-refractivity contribution in [1.82, 2.24) is 19.7 Å². The SMILES string of the molecule is COc1cccc(NC(=O)N2CCCC2Cn2cncn2)c1. The van der Waals surface area contributed by atoms with Crippen LogP contribution >= 0.6 is 0 Å². The minimum absolute atomic E-state index is 0.0872. The summed E-state index contributed by atoms with van der Waals surface area (Å²) in [4.78, 5) is 18.3. The Morgan fingerprint density at radius 2 is 2.41 bits per heavy atom. The summed E-state index contributed by atoms with van der Waals surface area (Å²) in [5, 5.41) is 7.04. The first kappa shape index (κ1) is 14.4. The lowest BCUT2D eigenvalue weighted by Crippen LogP contribution is -2.40. The Bertz CT molecular complexity index is 629. The molecule has 0 saturated carbocycles. The number of hydrogen-bond donors (Lipinski definition) is 1. The number of urea groups is 1. The minimum atomic E-state index is -0.0872. The van der Waals surface area contributed by atoms with Crippen LogP contribution in [0.3, 0.4) is 0 Å². The maximum absolute atomic E-state index is 12.5. The van der Waals surface area contributed by atoms with Gasteiger partial charge in [-0.25, -0.2) is 9.78 Å². The van der Waals surface area contributed by atoms with Crippen LogP contribution in [-0.4, -0.2) is 45.4 Å². The van der Waals surface area contributed by atoms with Gasteiger partial charge >= 0.3 is 6.03 Å². The third kappa shape index (κ3) is 3.19. The minimum Gasteiger partial charge on any atom is -0.497 e. The number of methoxy groups -OCH3 is 1. The van der Waals surface area contributed by atoms with E-state index in [4.69, 9.17) is 4.74 Å². The Kier molecular flexibility index (Phi) is 4.22. The molecule has 2 aromatic rings. The fourth-order valence-corrected chi connectivity index (χ4v) is 2.73. The number of nitrogens with one attached hydrogen (secondary N) is 1. The third-order valence-electron chi connectivity index (χ3n) is 3.82. The van der Waals surface area contributed by atoms with Gasteiger partial charge in [0.1, 0.15) is 18.4 Å². The van der Waals surface area contributed by atoms with Crippen molar-refractivity contribution in [3.63, 3.8) is 0 Å². The van der Waals surface area contributed by atoms with E-state index in [0.29, 0.717) is 6.54 Å². The summed E-state index contributed by atoms with van der Waals surface area (Å²) < 4.78 is 6.94. The molecule has 7 heteroatoms. The van der Waals surface area contributed by atoms with Crippen LogP contribution in [0.25, 0.3) is 0 Å². The number of anilines is 1. The fourth-order valence-electron chi connectivity index (χ4n) is 2.73. The maximum Gasteiger partial charge on any atom is 0.322 e.